The molecular weight excluding hydrogens is 539 g/mol. The number of carbonyl (C=O) groups is 1. The number of rotatable bonds is 10. The Hall–Kier alpha value is -4.27. The van der Waals surface area contributed by atoms with Gasteiger partial charge in [-0.1, -0.05) is 24.3 Å². The summed E-state index contributed by atoms with van der Waals surface area (Å²) in [5, 5.41) is 7.23. The van der Waals surface area contributed by atoms with Crippen molar-refractivity contribution in [1.29, 1.82) is 0 Å². The average Bonchev–Trinajstić information content (AvgIpc) is 2.99. The van der Waals surface area contributed by atoms with E-state index in [1.165, 1.54) is 29.0 Å². The van der Waals surface area contributed by atoms with Gasteiger partial charge >= 0.3 is 0 Å². The summed E-state index contributed by atoms with van der Waals surface area (Å²) in [4.78, 5) is 26.2. The van der Waals surface area contributed by atoms with Gasteiger partial charge in [0.1, 0.15) is 5.82 Å². The van der Waals surface area contributed by atoms with Gasteiger partial charge in [-0.25, -0.2) is 4.39 Å². The number of fused-ring (bicyclic) bond motifs is 2. The quantitative estimate of drug-likeness (QED) is 0.138. The molecule has 210 valence electrons. The van der Waals surface area contributed by atoms with Gasteiger partial charge in [-0.2, -0.15) is 0 Å². The smallest absolute Gasteiger partial charge is 0.257 e. The first kappa shape index (κ1) is 28.3. The number of halogens is 1. The van der Waals surface area contributed by atoms with Crippen LogP contribution in [-0.2, 0) is 6.42 Å². The number of nitrogens with one attached hydrogen (secondary N) is 2. The van der Waals surface area contributed by atoms with Gasteiger partial charge < -0.3 is 20.1 Å². The number of anilines is 1. The molecule has 0 spiro atoms. The topological polar surface area (TPSA) is 76.7 Å². The van der Waals surface area contributed by atoms with Crippen molar-refractivity contribution in [2.45, 2.75) is 25.8 Å². The summed E-state index contributed by atoms with van der Waals surface area (Å²) in [6.45, 7) is 2.97. The highest BCUT2D eigenvalue weighted by molar-refractivity contribution is 7.24. The minimum absolute atomic E-state index is 0.166. The lowest BCUT2D eigenvalue weighted by molar-refractivity contribution is 0.102. The maximum Gasteiger partial charge on any atom is 0.257 e. The number of methoxy groups -OCH3 is 2. The van der Waals surface area contributed by atoms with Crippen molar-refractivity contribution in [1.82, 2.24) is 5.32 Å². The first-order chi connectivity index (χ1) is 19.9. The Balaban J connectivity index is 1.19. The van der Waals surface area contributed by atoms with Crippen LogP contribution in [0.4, 0.5) is 10.1 Å². The normalized spacial score (nSPS) is 11.9. The van der Waals surface area contributed by atoms with Gasteiger partial charge in [0, 0.05) is 27.2 Å². The van der Waals surface area contributed by atoms with E-state index in [1.807, 2.05) is 42.5 Å². The van der Waals surface area contributed by atoms with Gasteiger partial charge in [0.05, 0.1) is 24.5 Å². The summed E-state index contributed by atoms with van der Waals surface area (Å²) in [5.74, 6) is 0.670. The summed E-state index contributed by atoms with van der Waals surface area (Å²) in [6, 6.07) is 23.1. The lowest BCUT2D eigenvalue weighted by Gasteiger charge is -2.16. The van der Waals surface area contributed by atoms with Crippen LogP contribution >= 0.6 is 11.3 Å². The zero-order valence-corrected chi connectivity index (χ0v) is 23.9. The van der Waals surface area contributed by atoms with Crippen molar-refractivity contribution in [3.8, 4) is 11.5 Å². The highest BCUT2D eigenvalue weighted by Crippen LogP contribution is 2.30. The second kappa shape index (κ2) is 12.5. The van der Waals surface area contributed by atoms with Crippen LogP contribution in [0.15, 0.2) is 83.7 Å². The monoisotopic (exact) mass is 570 g/mol. The van der Waals surface area contributed by atoms with Crippen LogP contribution < -0.4 is 25.5 Å². The Kier molecular flexibility index (Phi) is 8.61. The van der Waals surface area contributed by atoms with Crippen molar-refractivity contribution in [2.24, 2.45) is 0 Å². The summed E-state index contributed by atoms with van der Waals surface area (Å²) in [7, 11) is 3.26. The largest absolute Gasteiger partial charge is 0.493 e. The predicted octanol–water partition coefficient (Wildman–Crippen LogP) is 7.11. The van der Waals surface area contributed by atoms with E-state index in [0.717, 1.165) is 24.9 Å². The van der Waals surface area contributed by atoms with E-state index in [0.29, 0.717) is 42.9 Å². The lowest BCUT2D eigenvalue weighted by atomic mass is 10.1. The minimum Gasteiger partial charge on any atom is -0.493 e. The summed E-state index contributed by atoms with van der Waals surface area (Å²) in [5.41, 5.74) is 3.11. The van der Waals surface area contributed by atoms with E-state index in [2.05, 4.69) is 17.6 Å². The molecule has 2 N–H and O–H groups in total. The number of benzene rings is 4. The number of aryl methyl sites for hydroxylation is 1. The van der Waals surface area contributed by atoms with Crippen molar-refractivity contribution in [3.05, 3.63) is 112 Å². The molecule has 6 nitrogen and oxygen atoms in total. The molecule has 0 radical (unpaired) electrons. The van der Waals surface area contributed by atoms with Gasteiger partial charge in [-0.05, 0) is 92.0 Å². The molecular formula is C33H31FN2O4S. The van der Waals surface area contributed by atoms with E-state index in [4.69, 9.17) is 9.47 Å². The molecule has 5 rings (SSSR count). The molecule has 1 aromatic heterocycles. The van der Waals surface area contributed by atoms with Gasteiger partial charge in [0.2, 0.25) is 0 Å². The molecule has 4 aromatic carbocycles. The molecule has 8 heteroatoms. The Bertz CT molecular complexity index is 1770. The molecule has 1 heterocycles. The summed E-state index contributed by atoms with van der Waals surface area (Å²) in [6.07, 6.45) is 1.85. The van der Waals surface area contributed by atoms with Gasteiger partial charge in [0.25, 0.3) is 5.91 Å². The number of hydrogen-bond acceptors (Lipinski definition) is 6. The zero-order valence-electron chi connectivity index (χ0n) is 23.1. The average molecular weight is 571 g/mol. The molecule has 1 unspecified atom stereocenters. The molecule has 0 aliphatic carbocycles. The van der Waals surface area contributed by atoms with E-state index < -0.39 is 5.82 Å². The second-order valence-corrected chi connectivity index (χ2v) is 10.9. The molecule has 5 aromatic rings. The fourth-order valence-electron chi connectivity index (χ4n) is 4.83. The highest BCUT2D eigenvalue weighted by atomic mass is 32.1. The standard InChI is InChI=1S/C33H31FN2O4S/c1-20(22-11-15-28(39-2)29(18-22)40-3)35-17-5-6-21-9-13-24(14-10-21)36-33(38)26-8-4-7-25-31(37)27-19-23(34)12-16-30(27)41-32(25)26/h4,7-16,18-20,35H,5-6,17H2,1-3H3,(H,36,38). The van der Waals surface area contributed by atoms with Crippen LogP contribution in [0.25, 0.3) is 20.2 Å². The molecule has 1 atom stereocenters. The second-order valence-electron chi connectivity index (χ2n) is 9.80. The maximum absolute atomic E-state index is 13.7. The molecule has 0 saturated carbocycles. The molecule has 0 saturated heterocycles. The zero-order chi connectivity index (χ0) is 28.9. The predicted molar refractivity (Wildman–Crippen MR) is 164 cm³/mol. The van der Waals surface area contributed by atoms with Crippen LogP contribution in [0, 0.1) is 5.82 Å². The van der Waals surface area contributed by atoms with Crippen LogP contribution in [0.3, 0.4) is 0 Å². The molecule has 0 fully saturated rings. The Morgan fingerprint density at radius 2 is 1.71 bits per heavy atom. The van der Waals surface area contributed by atoms with Crippen LogP contribution in [0.2, 0.25) is 0 Å². The molecule has 41 heavy (non-hydrogen) atoms. The molecule has 0 bridgehead atoms. The van der Waals surface area contributed by atoms with Crippen molar-refractivity contribution >= 4 is 43.1 Å². The van der Waals surface area contributed by atoms with Gasteiger partial charge in [-0.15, -0.1) is 11.3 Å². The third-order valence-electron chi connectivity index (χ3n) is 7.11. The first-order valence-corrected chi connectivity index (χ1v) is 14.2. The highest BCUT2D eigenvalue weighted by Gasteiger charge is 2.15. The fraction of sp³-hybridized carbons (Fsp3) is 0.212. The first-order valence-electron chi connectivity index (χ1n) is 13.4. The van der Waals surface area contributed by atoms with Crippen molar-refractivity contribution < 1.29 is 18.7 Å². The Labute approximate surface area is 241 Å². The molecule has 1 amide bonds. The van der Waals surface area contributed by atoms with Crippen LogP contribution in [0.5, 0.6) is 11.5 Å². The number of carbonyl (C=O) groups excluding carboxylic acids is 1. The van der Waals surface area contributed by atoms with Gasteiger partial charge in [0.15, 0.2) is 16.9 Å². The SMILES string of the molecule is COc1ccc(C(C)NCCCc2ccc(NC(=O)c3cccc4c(=O)c5cc(F)ccc5sc34)cc2)cc1OC. The fourth-order valence-corrected chi connectivity index (χ4v) is 5.99. The van der Waals surface area contributed by atoms with Crippen molar-refractivity contribution in [2.75, 3.05) is 26.1 Å². The van der Waals surface area contributed by atoms with Crippen LogP contribution in [-0.4, -0.2) is 26.7 Å². The van der Waals surface area contributed by atoms with E-state index in [-0.39, 0.29) is 17.4 Å². The summed E-state index contributed by atoms with van der Waals surface area (Å²) >= 11 is 1.31. The Morgan fingerprint density at radius 3 is 2.46 bits per heavy atom. The number of ether oxygens (including phenoxy) is 2. The van der Waals surface area contributed by atoms with E-state index >= 15 is 0 Å². The Morgan fingerprint density at radius 1 is 0.927 bits per heavy atom. The van der Waals surface area contributed by atoms with E-state index in [9.17, 15) is 14.0 Å². The lowest BCUT2D eigenvalue weighted by Crippen LogP contribution is -2.20. The van der Waals surface area contributed by atoms with E-state index in [1.54, 1.807) is 38.5 Å². The number of amides is 1. The number of hydrogen-bond donors (Lipinski definition) is 2. The minimum atomic E-state index is -0.459. The van der Waals surface area contributed by atoms with Gasteiger partial charge in [-0.3, -0.25) is 9.59 Å². The third-order valence-corrected chi connectivity index (χ3v) is 8.33. The summed E-state index contributed by atoms with van der Waals surface area (Å²) < 4.78 is 25.7. The van der Waals surface area contributed by atoms with Crippen molar-refractivity contribution in [3.63, 3.8) is 0 Å². The third kappa shape index (κ3) is 6.24. The molecule has 0 aliphatic heterocycles. The van der Waals surface area contributed by atoms with Crippen LogP contribution in [0.1, 0.15) is 40.9 Å². The maximum atomic E-state index is 13.7. The molecule has 0 aliphatic rings.